The number of amides is 1. The maximum Gasteiger partial charge on any atom is 0.223 e. The summed E-state index contributed by atoms with van der Waals surface area (Å²) in [6, 6.07) is -0.533. The van der Waals surface area contributed by atoms with Crippen LogP contribution in [0.2, 0.25) is 0 Å². The highest BCUT2D eigenvalue weighted by atomic mass is 16.2. The summed E-state index contributed by atoms with van der Waals surface area (Å²) in [6.07, 6.45) is 0.992. The van der Waals surface area contributed by atoms with Gasteiger partial charge in [0.15, 0.2) is 5.78 Å². The van der Waals surface area contributed by atoms with E-state index in [-0.39, 0.29) is 41.6 Å². The van der Waals surface area contributed by atoms with E-state index in [1.54, 1.807) is 13.8 Å². The molecule has 0 bridgehead atoms. The molecule has 0 radical (unpaired) electrons. The monoisotopic (exact) mass is 297 g/mol. The predicted octanol–water partition coefficient (Wildman–Crippen LogP) is 2.99. The number of nitrogens with one attached hydrogen (secondary N) is 1. The van der Waals surface area contributed by atoms with Gasteiger partial charge in [-0.15, -0.1) is 0 Å². The largest absolute Gasteiger partial charge is 0.346 e. The molecule has 1 N–H and O–H groups in total. The van der Waals surface area contributed by atoms with E-state index in [4.69, 9.17) is 0 Å². The minimum Gasteiger partial charge on any atom is -0.346 e. The summed E-state index contributed by atoms with van der Waals surface area (Å²) in [4.78, 5) is 35.9. The molecule has 21 heavy (non-hydrogen) atoms. The van der Waals surface area contributed by atoms with E-state index in [9.17, 15) is 14.4 Å². The molecule has 0 aliphatic heterocycles. The van der Waals surface area contributed by atoms with Crippen LogP contribution in [0, 0.1) is 23.7 Å². The molecule has 0 rings (SSSR count). The number of ketones is 2. The Morgan fingerprint density at radius 2 is 1.38 bits per heavy atom. The van der Waals surface area contributed by atoms with Crippen molar-refractivity contribution in [3.05, 3.63) is 0 Å². The van der Waals surface area contributed by atoms with Crippen molar-refractivity contribution in [3.63, 3.8) is 0 Å². The molecule has 3 unspecified atom stereocenters. The van der Waals surface area contributed by atoms with Crippen LogP contribution in [-0.2, 0) is 14.4 Å². The second-order valence-corrected chi connectivity index (χ2v) is 6.89. The predicted molar refractivity (Wildman–Crippen MR) is 84.9 cm³/mol. The Hall–Kier alpha value is -1.19. The molecular weight excluding hydrogens is 266 g/mol. The molecule has 4 heteroatoms. The first-order chi connectivity index (χ1) is 9.56. The molecule has 0 aromatic carbocycles. The smallest absolute Gasteiger partial charge is 0.223 e. The van der Waals surface area contributed by atoms with Gasteiger partial charge < -0.3 is 5.32 Å². The lowest BCUT2D eigenvalue weighted by Crippen LogP contribution is -2.42. The van der Waals surface area contributed by atoms with Gasteiger partial charge in [-0.1, -0.05) is 41.5 Å². The van der Waals surface area contributed by atoms with Crippen molar-refractivity contribution < 1.29 is 14.4 Å². The van der Waals surface area contributed by atoms with Gasteiger partial charge in [0, 0.05) is 24.2 Å². The number of carbonyl (C=O) groups is 3. The molecule has 0 spiro atoms. The summed E-state index contributed by atoms with van der Waals surface area (Å²) in [5.41, 5.74) is 0. The molecule has 0 aliphatic rings. The van der Waals surface area contributed by atoms with E-state index in [0.29, 0.717) is 5.92 Å². The van der Waals surface area contributed by atoms with E-state index >= 15 is 0 Å². The van der Waals surface area contributed by atoms with Gasteiger partial charge in [0.25, 0.3) is 0 Å². The summed E-state index contributed by atoms with van der Waals surface area (Å²) >= 11 is 0. The van der Waals surface area contributed by atoms with Crippen molar-refractivity contribution in [1.82, 2.24) is 5.32 Å². The van der Waals surface area contributed by atoms with E-state index in [1.165, 1.54) is 0 Å². The van der Waals surface area contributed by atoms with Crippen molar-refractivity contribution in [3.8, 4) is 0 Å². The van der Waals surface area contributed by atoms with Crippen molar-refractivity contribution >= 4 is 17.5 Å². The van der Waals surface area contributed by atoms with E-state index in [1.807, 2.05) is 20.8 Å². The number of Topliss-reactive ketones (excluding diaryl/α,β-unsaturated/α-hetero) is 2. The van der Waals surface area contributed by atoms with Gasteiger partial charge in [-0.3, -0.25) is 14.4 Å². The summed E-state index contributed by atoms with van der Waals surface area (Å²) in [5.74, 6) is -0.0897. The third kappa shape index (κ3) is 7.39. The Morgan fingerprint density at radius 3 is 1.81 bits per heavy atom. The quantitative estimate of drug-likeness (QED) is 0.711. The first-order valence-corrected chi connectivity index (χ1v) is 7.93. The zero-order valence-corrected chi connectivity index (χ0v) is 14.5. The number of carbonyl (C=O) groups excluding carboxylic acids is 3. The fourth-order valence-corrected chi connectivity index (χ4v) is 2.40. The maximum absolute atomic E-state index is 12.1. The molecule has 0 heterocycles. The molecule has 0 saturated carbocycles. The number of rotatable bonds is 9. The molecule has 0 fully saturated rings. The summed E-state index contributed by atoms with van der Waals surface area (Å²) in [5, 5.41) is 2.76. The maximum atomic E-state index is 12.1. The van der Waals surface area contributed by atoms with Crippen LogP contribution in [0.3, 0.4) is 0 Å². The van der Waals surface area contributed by atoms with E-state index in [2.05, 4.69) is 19.2 Å². The van der Waals surface area contributed by atoms with Crippen molar-refractivity contribution in [1.29, 1.82) is 0 Å². The molecule has 1 amide bonds. The van der Waals surface area contributed by atoms with E-state index in [0.717, 1.165) is 6.42 Å². The highest BCUT2D eigenvalue weighted by molar-refractivity contribution is 5.93. The average Bonchev–Trinajstić information content (AvgIpc) is 2.36. The number of hydrogen-bond acceptors (Lipinski definition) is 3. The van der Waals surface area contributed by atoms with Crippen LogP contribution in [-0.4, -0.2) is 23.5 Å². The Bertz CT molecular complexity index is 374. The van der Waals surface area contributed by atoms with Gasteiger partial charge in [-0.05, 0) is 19.3 Å². The molecule has 0 aliphatic carbocycles. The summed E-state index contributed by atoms with van der Waals surface area (Å²) in [6.45, 7) is 13.1. The van der Waals surface area contributed by atoms with Crippen molar-refractivity contribution in [2.75, 3.05) is 0 Å². The van der Waals surface area contributed by atoms with Gasteiger partial charge in [0.2, 0.25) is 5.91 Å². The second kappa shape index (κ2) is 8.96. The van der Waals surface area contributed by atoms with E-state index < -0.39 is 6.04 Å². The Kier molecular flexibility index (Phi) is 8.45. The highest BCUT2D eigenvalue weighted by Gasteiger charge is 2.24. The third-order valence-corrected chi connectivity index (χ3v) is 3.68. The minimum absolute atomic E-state index is 0.0660. The van der Waals surface area contributed by atoms with Crippen molar-refractivity contribution in [2.24, 2.45) is 23.7 Å². The Labute approximate surface area is 129 Å². The second-order valence-electron chi connectivity index (χ2n) is 6.89. The summed E-state index contributed by atoms with van der Waals surface area (Å²) in [7, 11) is 0. The Morgan fingerprint density at radius 1 is 0.857 bits per heavy atom. The number of hydrogen-bond donors (Lipinski definition) is 1. The molecule has 3 atom stereocenters. The lowest BCUT2D eigenvalue weighted by molar-refractivity contribution is -0.132. The fourth-order valence-electron chi connectivity index (χ4n) is 2.40. The van der Waals surface area contributed by atoms with Gasteiger partial charge in [0.05, 0.1) is 6.04 Å². The van der Waals surface area contributed by atoms with Crippen LogP contribution in [0.5, 0.6) is 0 Å². The molecule has 0 aromatic rings. The molecule has 0 aromatic heterocycles. The third-order valence-electron chi connectivity index (χ3n) is 3.68. The SMILES string of the molecule is CC(C)CC(C)C(=O)NC(C)C(=O)CC(C)C(=O)C(C)C. The van der Waals surface area contributed by atoms with Gasteiger partial charge in [-0.2, -0.15) is 0 Å². The fraction of sp³-hybridized carbons (Fsp3) is 0.824. The minimum atomic E-state index is -0.533. The van der Waals surface area contributed by atoms with Crippen LogP contribution in [0.1, 0.15) is 61.3 Å². The average molecular weight is 297 g/mol. The van der Waals surface area contributed by atoms with Crippen LogP contribution >= 0.6 is 0 Å². The first-order valence-electron chi connectivity index (χ1n) is 7.93. The first kappa shape index (κ1) is 19.8. The van der Waals surface area contributed by atoms with Crippen LogP contribution in [0.25, 0.3) is 0 Å². The molecule has 4 nitrogen and oxygen atoms in total. The molecule has 122 valence electrons. The Balaban J connectivity index is 4.39. The molecule has 0 saturated heterocycles. The summed E-state index contributed by atoms with van der Waals surface area (Å²) < 4.78 is 0. The van der Waals surface area contributed by atoms with Crippen LogP contribution in [0.15, 0.2) is 0 Å². The van der Waals surface area contributed by atoms with Crippen molar-refractivity contribution in [2.45, 2.75) is 67.3 Å². The zero-order valence-electron chi connectivity index (χ0n) is 14.5. The highest BCUT2D eigenvalue weighted by Crippen LogP contribution is 2.14. The van der Waals surface area contributed by atoms with Crippen LogP contribution < -0.4 is 5.32 Å². The van der Waals surface area contributed by atoms with Gasteiger partial charge >= 0.3 is 0 Å². The van der Waals surface area contributed by atoms with Gasteiger partial charge in [-0.25, -0.2) is 0 Å². The molecular formula is C17H31NO3. The van der Waals surface area contributed by atoms with Crippen LogP contribution in [0.4, 0.5) is 0 Å². The standard InChI is InChI=1S/C17H31NO3/c1-10(2)8-13(6)17(21)18-14(7)15(19)9-12(5)16(20)11(3)4/h10-14H,8-9H2,1-7H3,(H,18,21). The normalized spacial score (nSPS) is 15.7. The van der Waals surface area contributed by atoms with Gasteiger partial charge in [0.1, 0.15) is 5.78 Å². The lowest BCUT2D eigenvalue weighted by Gasteiger charge is -2.19. The lowest BCUT2D eigenvalue weighted by atomic mass is 9.91. The zero-order chi connectivity index (χ0) is 16.7. The topological polar surface area (TPSA) is 63.2 Å².